The number of carbonyl (C=O) groups excluding carboxylic acids is 1. The van der Waals surface area contributed by atoms with Crippen LogP contribution in [-0.4, -0.2) is 46.3 Å². The Morgan fingerprint density at radius 1 is 1.37 bits per heavy atom. The number of hydrogen-bond donors (Lipinski definition) is 1. The molecule has 0 aromatic carbocycles. The van der Waals surface area contributed by atoms with Gasteiger partial charge in [-0.15, -0.1) is 0 Å². The van der Waals surface area contributed by atoms with Gasteiger partial charge in [0.15, 0.2) is 0 Å². The number of piperidine rings is 1. The van der Waals surface area contributed by atoms with Crippen LogP contribution in [0.3, 0.4) is 0 Å². The second-order valence-electron chi connectivity index (χ2n) is 5.65. The molecule has 104 valence electrons. The van der Waals surface area contributed by atoms with Gasteiger partial charge >= 0.3 is 0 Å². The summed E-state index contributed by atoms with van der Waals surface area (Å²) in [4.78, 5) is 14.3. The molecule has 2 saturated heterocycles. The lowest BCUT2D eigenvalue weighted by Crippen LogP contribution is -2.51. The molecule has 0 aliphatic carbocycles. The minimum atomic E-state index is 0.200. The predicted octanol–water partition coefficient (Wildman–Crippen LogP) is 0.874. The number of rotatable bonds is 2. The monoisotopic (exact) mass is 262 g/mol. The molecular weight excluding hydrogens is 240 g/mol. The summed E-state index contributed by atoms with van der Waals surface area (Å²) >= 11 is 0. The maximum absolute atomic E-state index is 12.3. The number of nitrogens with one attached hydrogen (secondary N) is 1. The maximum atomic E-state index is 12.3. The fourth-order valence-electron chi connectivity index (χ4n) is 3.27. The van der Waals surface area contributed by atoms with Crippen molar-refractivity contribution in [2.45, 2.75) is 38.3 Å². The summed E-state index contributed by atoms with van der Waals surface area (Å²) in [5.41, 5.74) is 0. The molecule has 0 unspecified atom stereocenters. The van der Waals surface area contributed by atoms with Crippen LogP contribution in [0.4, 0.5) is 0 Å². The molecule has 2 atom stereocenters. The summed E-state index contributed by atoms with van der Waals surface area (Å²) < 4.78 is 1.71. The smallest absolute Gasteiger partial charge is 0.244 e. The molecule has 1 amide bonds. The number of nitrogens with zero attached hydrogens (tertiary/aromatic N) is 3. The van der Waals surface area contributed by atoms with E-state index in [0.29, 0.717) is 18.5 Å². The van der Waals surface area contributed by atoms with Gasteiger partial charge in [-0.3, -0.25) is 9.48 Å². The van der Waals surface area contributed by atoms with E-state index in [0.717, 1.165) is 26.1 Å². The highest BCUT2D eigenvalue weighted by Crippen LogP contribution is 2.24. The molecule has 0 radical (unpaired) electrons. The number of fused-ring (bicyclic) bond motifs is 1. The highest BCUT2D eigenvalue weighted by Gasteiger charge is 2.31. The van der Waals surface area contributed by atoms with Gasteiger partial charge in [0.25, 0.3) is 0 Å². The first-order valence-corrected chi connectivity index (χ1v) is 7.31. The first kappa shape index (κ1) is 12.7. The largest absolute Gasteiger partial charge is 0.341 e. The van der Waals surface area contributed by atoms with E-state index in [1.807, 2.05) is 17.2 Å². The number of aromatic nitrogens is 2. The molecule has 5 nitrogen and oxygen atoms in total. The van der Waals surface area contributed by atoms with Gasteiger partial charge < -0.3 is 10.2 Å². The Kier molecular flexibility index (Phi) is 3.82. The van der Waals surface area contributed by atoms with E-state index in [1.54, 1.807) is 10.9 Å². The maximum Gasteiger partial charge on any atom is 0.244 e. The van der Waals surface area contributed by atoms with Gasteiger partial charge in [-0.25, -0.2) is 0 Å². The summed E-state index contributed by atoms with van der Waals surface area (Å²) in [6.07, 6.45) is 8.47. The molecule has 2 fully saturated rings. The van der Waals surface area contributed by atoms with Crippen LogP contribution in [0.2, 0.25) is 0 Å². The molecule has 3 heterocycles. The van der Waals surface area contributed by atoms with Gasteiger partial charge in [0, 0.05) is 31.5 Å². The lowest BCUT2D eigenvalue weighted by atomic mass is 9.89. The summed E-state index contributed by atoms with van der Waals surface area (Å²) in [5, 5.41) is 7.74. The van der Waals surface area contributed by atoms with Crippen molar-refractivity contribution in [1.82, 2.24) is 20.0 Å². The Balaban J connectivity index is 1.58. The summed E-state index contributed by atoms with van der Waals surface area (Å²) in [6.45, 7) is 3.31. The number of carbonyl (C=O) groups is 1. The predicted molar refractivity (Wildman–Crippen MR) is 72.6 cm³/mol. The Labute approximate surface area is 114 Å². The number of amides is 1. The molecule has 5 heteroatoms. The van der Waals surface area contributed by atoms with Gasteiger partial charge in [-0.1, -0.05) is 6.42 Å². The van der Waals surface area contributed by atoms with E-state index in [2.05, 4.69) is 10.4 Å². The van der Waals surface area contributed by atoms with Crippen LogP contribution in [0, 0.1) is 5.92 Å². The molecule has 1 N–H and O–H groups in total. The van der Waals surface area contributed by atoms with Crippen LogP contribution in [0.5, 0.6) is 0 Å². The Morgan fingerprint density at radius 2 is 2.32 bits per heavy atom. The minimum Gasteiger partial charge on any atom is -0.341 e. The number of hydrogen-bond acceptors (Lipinski definition) is 3. The highest BCUT2D eigenvalue weighted by atomic mass is 16.2. The lowest BCUT2D eigenvalue weighted by molar-refractivity contribution is -0.134. The van der Waals surface area contributed by atoms with Gasteiger partial charge in [-0.2, -0.15) is 5.10 Å². The third kappa shape index (κ3) is 2.97. The second kappa shape index (κ2) is 5.74. The van der Waals surface area contributed by atoms with Crippen molar-refractivity contribution in [1.29, 1.82) is 0 Å². The van der Waals surface area contributed by atoms with Crippen molar-refractivity contribution in [3.05, 3.63) is 18.5 Å². The molecule has 3 rings (SSSR count). The zero-order valence-corrected chi connectivity index (χ0v) is 11.3. The van der Waals surface area contributed by atoms with Crippen LogP contribution in [0.25, 0.3) is 0 Å². The third-order valence-corrected chi connectivity index (χ3v) is 4.35. The first-order chi connectivity index (χ1) is 9.33. The Bertz CT molecular complexity index is 417. The van der Waals surface area contributed by atoms with Crippen molar-refractivity contribution < 1.29 is 4.79 Å². The van der Waals surface area contributed by atoms with Crippen LogP contribution < -0.4 is 5.32 Å². The minimum absolute atomic E-state index is 0.200. The van der Waals surface area contributed by atoms with Crippen LogP contribution in [0.15, 0.2) is 18.5 Å². The van der Waals surface area contributed by atoms with Gasteiger partial charge in [-0.05, 0) is 37.8 Å². The van der Waals surface area contributed by atoms with E-state index in [9.17, 15) is 4.79 Å². The third-order valence-electron chi connectivity index (χ3n) is 4.35. The summed E-state index contributed by atoms with van der Waals surface area (Å²) in [5.74, 6) is 0.837. The van der Waals surface area contributed by atoms with Crippen molar-refractivity contribution in [2.24, 2.45) is 5.92 Å². The topological polar surface area (TPSA) is 50.2 Å². The fourth-order valence-corrected chi connectivity index (χ4v) is 3.27. The molecule has 2 aliphatic heterocycles. The molecule has 2 aliphatic rings. The van der Waals surface area contributed by atoms with Crippen molar-refractivity contribution in [3.63, 3.8) is 0 Å². The van der Waals surface area contributed by atoms with Gasteiger partial charge in [0.2, 0.25) is 5.91 Å². The molecule has 19 heavy (non-hydrogen) atoms. The van der Waals surface area contributed by atoms with Crippen molar-refractivity contribution >= 4 is 5.91 Å². The average molecular weight is 262 g/mol. The van der Waals surface area contributed by atoms with Gasteiger partial charge in [0.1, 0.15) is 6.54 Å². The molecule has 0 bridgehead atoms. The van der Waals surface area contributed by atoms with E-state index in [4.69, 9.17) is 0 Å². The second-order valence-corrected chi connectivity index (χ2v) is 5.65. The van der Waals surface area contributed by atoms with E-state index >= 15 is 0 Å². The Morgan fingerprint density at radius 3 is 3.16 bits per heavy atom. The molecular formula is C14H22N4O. The van der Waals surface area contributed by atoms with Crippen LogP contribution >= 0.6 is 0 Å². The summed E-state index contributed by atoms with van der Waals surface area (Å²) in [6, 6.07) is 2.48. The summed E-state index contributed by atoms with van der Waals surface area (Å²) in [7, 11) is 0. The van der Waals surface area contributed by atoms with Crippen LogP contribution in [-0.2, 0) is 11.3 Å². The zero-order chi connectivity index (χ0) is 13.1. The van der Waals surface area contributed by atoms with Crippen molar-refractivity contribution in [3.8, 4) is 0 Å². The number of likely N-dealkylation sites (tertiary alicyclic amines) is 1. The Hall–Kier alpha value is -1.36. The van der Waals surface area contributed by atoms with E-state index in [-0.39, 0.29) is 5.91 Å². The fraction of sp³-hybridized carbons (Fsp3) is 0.714. The molecule has 0 spiro atoms. The van der Waals surface area contributed by atoms with E-state index < -0.39 is 0 Å². The zero-order valence-electron chi connectivity index (χ0n) is 11.3. The van der Waals surface area contributed by atoms with E-state index in [1.165, 1.54) is 19.3 Å². The van der Waals surface area contributed by atoms with Gasteiger partial charge in [0.05, 0.1) is 0 Å². The molecule has 0 saturated carbocycles. The van der Waals surface area contributed by atoms with Crippen molar-refractivity contribution in [2.75, 3.05) is 19.6 Å². The standard InChI is InChI=1S/C14H22N4O/c19-14(11-18-8-3-7-16-18)17-9-5-13-12(10-17)4-1-2-6-15-13/h3,7-8,12-13,15H,1-2,4-6,9-11H2/t12-,13+/m0/s1. The lowest BCUT2D eigenvalue weighted by Gasteiger charge is -2.38. The highest BCUT2D eigenvalue weighted by molar-refractivity contribution is 5.76. The normalized spacial score (nSPS) is 27.7. The molecule has 1 aromatic heterocycles. The quantitative estimate of drug-likeness (QED) is 0.860. The average Bonchev–Trinajstić information content (AvgIpc) is 2.81. The van der Waals surface area contributed by atoms with Crippen LogP contribution in [0.1, 0.15) is 25.7 Å². The SMILES string of the molecule is O=C(Cn1cccn1)N1CC[C@H]2NCCCC[C@H]2C1. The first-order valence-electron chi connectivity index (χ1n) is 7.31. The molecule has 1 aromatic rings.